The molecule has 1 N–H and O–H groups in total. The van der Waals surface area contributed by atoms with Gasteiger partial charge >= 0.3 is 0 Å². The van der Waals surface area contributed by atoms with Crippen molar-refractivity contribution in [2.24, 2.45) is 0 Å². The Morgan fingerprint density at radius 1 is 1.45 bits per heavy atom. The van der Waals surface area contributed by atoms with E-state index in [0.29, 0.717) is 6.04 Å². The number of nitrogens with zero attached hydrogens (tertiary/aromatic N) is 2. The van der Waals surface area contributed by atoms with E-state index in [4.69, 9.17) is 5.26 Å². The molecule has 1 heterocycles. The maximum absolute atomic E-state index is 9.05. The molecular weight excluding hydrogens is 246 g/mol. The van der Waals surface area contributed by atoms with Crippen LogP contribution in [0.5, 0.6) is 0 Å². The molecule has 1 aromatic rings. The molecular formula is C17H25N3. The number of benzene rings is 1. The molecule has 1 aliphatic rings. The predicted octanol–water partition coefficient (Wildman–Crippen LogP) is 3.23. The van der Waals surface area contributed by atoms with E-state index in [9.17, 15) is 0 Å². The van der Waals surface area contributed by atoms with Crippen molar-refractivity contribution < 1.29 is 0 Å². The van der Waals surface area contributed by atoms with Gasteiger partial charge in [-0.2, -0.15) is 5.26 Å². The molecule has 0 aromatic heterocycles. The SMILES string of the molecule is CCCCN(CC1CCCN1)c1ccc(C#N)c(C)c1. The molecule has 1 atom stereocenters. The number of anilines is 1. The van der Waals surface area contributed by atoms with Gasteiger partial charge in [0, 0.05) is 24.8 Å². The largest absolute Gasteiger partial charge is 0.370 e. The molecule has 1 aromatic carbocycles. The first kappa shape index (κ1) is 14.9. The van der Waals surface area contributed by atoms with Crippen LogP contribution in [0.2, 0.25) is 0 Å². The number of hydrogen-bond donors (Lipinski definition) is 1. The Morgan fingerprint density at radius 3 is 2.90 bits per heavy atom. The van der Waals surface area contributed by atoms with Gasteiger partial charge < -0.3 is 10.2 Å². The first-order chi connectivity index (χ1) is 9.74. The van der Waals surface area contributed by atoms with Crippen LogP contribution in [0.15, 0.2) is 18.2 Å². The zero-order chi connectivity index (χ0) is 14.4. The van der Waals surface area contributed by atoms with E-state index < -0.39 is 0 Å². The second-order valence-corrected chi connectivity index (χ2v) is 5.70. The average molecular weight is 271 g/mol. The van der Waals surface area contributed by atoms with E-state index in [1.54, 1.807) is 0 Å². The standard InChI is InChI=1S/C17H25N3/c1-3-4-10-20(13-16-6-5-9-19-16)17-8-7-15(12-18)14(2)11-17/h7-8,11,16,19H,3-6,9-10,13H2,1-2H3. The summed E-state index contributed by atoms with van der Waals surface area (Å²) in [5.41, 5.74) is 3.11. The van der Waals surface area contributed by atoms with E-state index in [2.05, 4.69) is 35.3 Å². The number of rotatable bonds is 6. The lowest BCUT2D eigenvalue weighted by Crippen LogP contribution is -2.38. The second kappa shape index (κ2) is 7.31. The van der Waals surface area contributed by atoms with Crippen LogP contribution in [0, 0.1) is 18.3 Å². The van der Waals surface area contributed by atoms with Gasteiger partial charge in [-0.1, -0.05) is 13.3 Å². The fraction of sp³-hybridized carbons (Fsp3) is 0.588. The van der Waals surface area contributed by atoms with E-state index in [0.717, 1.165) is 30.8 Å². The summed E-state index contributed by atoms with van der Waals surface area (Å²) in [5.74, 6) is 0. The molecule has 0 amide bonds. The molecule has 20 heavy (non-hydrogen) atoms. The summed E-state index contributed by atoms with van der Waals surface area (Å²) in [4.78, 5) is 2.47. The Morgan fingerprint density at radius 2 is 2.30 bits per heavy atom. The summed E-state index contributed by atoms with van der Waals surface area (Å²) in [6.45, 7) is 7.58. The Hall–Kier alpha value is -1.53. The lowest BCUT2D eigenvalue weighted by atomic mass is 10.1. The van der Waals surface area contributed by atoms with Gasteiger partial charge in [0.15, 0.2) is 0 Å². The summed E-state index contributed by atoms with van der Waals surface area (Å²) in [6.07, 6.45) is 4.99. The van der Waals surface area contributed by atoms with Crippen LogP contribution in [0.3, 0.4) is 0 Å². The van der Waals surface area contributed by atoms with Crippen molar-refractivity contribution in [2.45, 2.75) is 45.6 Å². The van der Waals surface area contributed by atoms with E-state index in [1.807, 2.05) is 13.0 Å². The summed E-state index contributed by atoms with van der Waals surface area (Å²) in [6, 6.07) is 9.06. The Balaban J connectivity index is 2.12. The third kappa shape index (κ3) is 3.74. The van der Waals surface area contributed by atoms with Crippen molar-refractivity contribution in [2.75, 3.05) is 24.5 Å². The lowest BCUT2D eigenvalue weighted by molar-refractivity contribution is 0.572. The molecule has 1 fully saturated rings. The van der Waals surface area contributed by atoms with Crippen molar-refractivity contribution in [3.8, 4) is 6.07 Å². The van der Waals surface area contributed by atoms with E-state index >= 15 is 0 Å². The fourth-order valence-corrected chi connectivity index (χ4v) is 2.82. The molecule has 108 valence electrons. The molecule has 1 unspecified atom stereocenters. The van der Waals surface area contributed by atoms with E-state index in [-0.39, 0.29) is 0 Å². The first-order valence-corrected chi connectivity index (χ1v) is 7.73. The van der Waals surface area contributed by atoms with Crippen LogP contribution in [0.25, 0.3) is 0 Å². The van der Waals surface area contributed by atoms with Gasteiger partial charge in [-0.3, -0.25) is 0 Å². The molecule has 0 spiro atoms. The van der Waals surface area contributed by atoms with Crippen LogP contribution in [-0.2, 0) is 0 Å². The monoisotopic (exact) mass is 271 g/mol. The highest BCUT2D eigenvalue weighted by atomic mass is 15.2. The molecule has 0 aliphatic carbocycles. The molecule has 1 aliphatic heterocycles. The topological polar surface area (TPSA) is 39.1 Å². The first-order valence-electron chi connectivity index (χ1n) is 7.73. The second-order valence-electron chi connectivity index (χ2n) is 5.70. The van der Waals surface area contributed by atoms with Gasteiger partial charge in [0.2, 0.25) is 0 Å². The third-order valence-electron chi connectivity index (χ3n) is 4.08. The van der Waals surface area contributed by atoms with Crippen molar-refractivity contribution in [3.63, 3.8) is 0 Å². The van der Waals surface area contributed by atoms with Crippen molar-refractivity contribution in [1.29, 1.82) is 5.26 Å². The minimum Gasteiger partial charge on any atom is -0.370 e. The highest BCUT2D eigenvalue weighted by Crippen LogP contribution is 2.21. The van der Waals surface area contributed by atoms with Gasteiger partial charge in [-0.15, -0.1) is 0 Å². The zero-order valence-corrected chi connectivity index (χ0v) is 12.7. The summed E-state index contributed by atoms with van der Waals surface area (Å²) in [7, 11) is 0. The molecule has 2 rings (SSSR count). The van der Waals surface area contributed by atoms with Crippen LogP contribution in [-0.4, -0.2) is 25.7 Å². The highest BCUT2D eigenvalue weighted by molar-refractivity contribution is 5.53. The number of unbranched alkanes of at least 4 members (excludes halogenated alkanes) is 1. The molecule has 0 radical (unpaired) electrons. The molecule has 3 nitrogen and oxygen atoms in total. The normalized spacial score (nSPS) is 17.9. The molecule has 1 saturated heterocycles. The molecule has 3 heteroatoms. The highest BCUT2D eigenvalue weighted by Gasteiger charge is 2.18. The summed E-state index contributed by atoms with van der Waals surface area (Å²) < 4.78 is 0. The van der Waals surface area contributed by atoms with Crippen LogP contribution in [0.1, 0.15) is 43.7 Å². The summed E-state index contributed by atoms with van der Waals surface area (Å²) >= 11 is 0. The van der Waals surface area contributed by atoms with Crippen molar-refractivity contribution >= 4 is 5.69 Å². The minimum atomic E-state index is 0.614. The predicted molar refractivity (Wildman–Crippen MR) is 84.0 cm³/mol. The number of aryl methyl sites for hydroxylation is 1. The third-order valence-corrected chi connectivity index (χ3v) is 4.08. The van der Waals surface area contributed by atoms with Gasteiger partial charge in [-0.25, -0.2) is 0 Å². The summed E-state index contributed by atoms with van der Waals surface area (Å²) in [5, 5.41) is 12.6. The smallest absolute Gasteiger partial charge is 0.0994 e. The van der Waals surface area contributed by atoms with Gasteiger partial charge in [-0.05, 0) is 56.5 Å². The Bertz CT molecular complexity index is 470. The van der Waals surface area contributed by atoms with Gasteiger partial charge in [0.25, 0.3) is 0 Å². The maximum Gasteiger partial charge on any atom is 0.0994 e. The van der Waals surface area contributed by atoms with Crippen LogP contribution >= 0.6 is 0 Å². The number of hydrogen-bond acceptors (Lipinski definition) is 3. The number of nitriles is 1. The fourth-order valence-electron chi connectivity index (χ4n) is 2.82. The van der Waals surface area contributed by atoms with E-state index in [1.165, 1.54) is 31.4 Å². The molecule has 0 saturated carbocycles. The van der Waals surface area contributed by atoms with Gasteiger partial charge in [0.05, 0.1) is 11.6 Å². The van der Waals surface area contributed by atoms with Crippen molar-refractivity contribution in [1.82, 2.24) is 5.32 Å². The minimum absolute atomic E-state index is 0.614. The zero-order valence-electron chi connectivity index (χ0n) is 12.7. The number of nitrogens with one attached hydrogen (secondary N) is 1. The average Bonchev–Trinajstić information content (AvgIpc) is 2.96. The van der Waals surface area contributed by atoms with Crippen LogP contribution < -0.4 is 10.2 Å². The Labute approximate surface area is 122 Å². The van der Waals surface area contributed by atoms with Crippen LogP contribution in [0.4, 0.5) is 5.69 Å². The maximum atomic E-state index is 9.05. The Kier molecular flexibility index (Phi) is 5.43. The molecule has 0 bridgehead atoms. The van der Waals surface area contributed by atoms with Crippen molar-refractivity contribution in [3.05, 3.63) is 29.3 Å². The lowest BCUT2D eigenvalue weighted by Gasteiger charge is -2.28. The quantitative estimate of drug-likeness (QED) is 0.863. The van der Waals surface area contributed by atoms with Gasteiger partial charge in [0.1, 0.15) is 0 Å².